The van der Waals surface area contributed by atoms with Crippen molar-refractivity contribution in [3.05, 3.63) is 52.0 Å². The van der Waals surface area contributed by atoms with Crippen molar-refractivity contribution in [2.24, 2.45) is 17.6 Å². The highest BCUT2D eigenvalue weighted by Crippen LogP contribution is 2.56. The van der Waals surface area contributed by atoms with Crippen LogP contribution in [0.1, 0.15) is 29.3 Å². The number of ketones is 2. The summed E-state index contributed by atoms with van der Waals surface area (Å²) in [6, 6.07) is 3.05. The van der Waals surface area contributed by atoms with E-state index in [4.69, 9.17) is 10.4 Å². The highest BCUT2D eigenvalue weighted by molar-refractivity contribution is 6.24. The fraction of sp³-hybridized carbons (Fsp3) is 0.409. The number of hydrogen-bond donors (Lipinski definition) is 7. The molecule has 5 atom stereocenters. The van der Waals surface area contributed by atoms with E-state index in [1.54, 1.807) is 0 Å². The number of nitrogens with zero attached hydrogens (tertiary/aromatic N) is 1. The Hall–Kier alpha value is -2.96. The van der Waals surface area contributed by atoms with Crippen molar-refractivity contribution in [1.82, 2.24) is 4.90 Å². The average Bonchev–Trinajstić information content (AvgIpc) is 2.75. The Bertz CT molecular complexity index is 1160. The second-order valence-electron chi connectivity index (χ2n) is 8.96. The van der Waals surface area contributed by atoms with Crippen molar-refractivity contribution in [3.8, 4) is 5.75 Å². The first-order valence-corrected chi connectivity index (χ1v) is 10.5. The van der Waals surface area contributed by atoms with E-state index in [1.807, 2.05) is 0 Å². The number of nitrogens with two attached hydrogens (primary N) is 1. The number of carbonyl (C=O) groups excluding carboxylic acids is 3. The van der Waals surface area contributed by atoms with Crippen molar-refractivity contribution >= 4 is 29.3 Å². The lowest BCUT2D eigenvalue weighted by atomic mass is 9.55. The van der Waals surface area contributed by atoms with Crippen LogP contribution in [0.4, 0.5) is 0 Å². The number of likely N-dealkylation sites (N-methyl/N-ethyl adjacent to an activating group) is 1. The summed E-state index contributed by atoms with van der Waals surface area (Å²) in [4.78, 5) is 39.9. The van der Waals surface area contributed by atoms with E-state index in [9.17, 15) is 39.9 Å². The summed E-state index contributed by atoms with van der Waals surface area (Å²) in [5, 5.41) is 55.0. The second kappa shape index (κ2) is 8.36. The summed E-state index contributed by atoms with van der Waals surface area (Å²) < 4.78 is 6.47. The zero-order valence-corrected chi connectivity index (χ0v) is 19.2. The molecule has 184 valence electrons. The van der Waals surface area contributed by atoms with Crippen LogP contribution in [-0.4, -0.2) is 78.3 Å². The third kappa shape index (κ3) is 3.16. The van der Waals surface area contributed by atoms with Crippen molar-refractivity contribution < 1.29 is 44.6 Å². The fourth-order valence-corrected chi connectivity index (χ4v) is 5.51. The van der Waals surface area contributed by atoms with Crippen LogP contribution in [0.3, 0.4) is 0 Å². The largest absolute Gasteiger partial charge is 0.510 e. The monoisotopic (exact) mass is 496 g/mol. The molecule has 3 aliphatic carbocycles. The average molecular weight is 497 g/mol. The van der Waals surface area contributed by atoms with Gasteiger partial charge in [-0.05, 0) is 39.1 Å². The first-order valence-electron chi connectivity index (χ1n) is 10.1. The number of aliphatic hydroxyl groups is 4. The van der Waals surface area contributed by atoms with Crippen molar-refractivity contribution in [3.63, 3.8) is 0 Å². The highest BCUT2D eigenvalue weighted by atomic mass is 35.5. The van der Waals surface area contributed by atoms with Crippen LogP contribution in [-0.2, 0) is 15.2 Å². The van der Waals surface area contributed by atoms with Crippen LogP contribution >= 0.6 is 11.9 Å². The Morgan fingerprint density at radius 3 is 2.26 bits per heavy atom. The lowest BCUT2D eigenvalue weighted by Crippen LogP contribution is -2.65. The molecule has 0 aliphatic heterocycles. The molecule has 0 saturated carbocycles. The van der Waals surface area contributed by atoms with Gasteiger partial charge in [0.15, 0.2) is 11.4 Å². The molecule has 0 bridgehead atoms. The summed E-state index contributed by atoms with van der Waals surface area (Å²) >= 11 is 3.64. The molecule has 12 heteroatoms. The van der Waals surface area contributed by atoms with Crippen LogP contribution in [0.25, 0.3) is 0 Å². The van der Waals surface area contributed by atoms with Gasteiger partial charge in [0.1, 0.15) is 22.8 Å². The molecule has 11 nitrogen and oxygen atoms in total. The molecular weight excluding hydrogens is 472 g/mol. The van der Waals surface area contributed by atoms with Gasteiger partial charge in [0.2, 0.25) is 5.78 Å². The van der Waals surface area contributed by atoms with Gasteiger partial charge < -0.3 is 31.3 Å². The topological polar surface area (TPSA) is 202 Å². The fourth-order valence-electron chi connectivity index (χ4n) is 5.51. The Kier molecular flexibility index (Phi) is 6.31. The Morgan fingerprint density at radius 1 is 1.15 bits per heavy atom. The molecular formula is C22H25ClN2O9. The van der Waals surface area contributed by atoms with Gasteiger partial charge in [0.25, 0.3) is 5.91 Å². The maximum atomic E-state index is 13.3. The molecule has 0 heterocycles. The van der Waals surface area contributed by atoms with Crippen LogP contribution in [0.2, 0.25) is 0 Å². The molecule has 1 aromatic rings. The number of aromatic hydroxyl groups is 1. The number of fused-ring (bicyclic) bond motifs is 3. The molecule has 0 spiro atoms. The van der Waals surface area contributed by atoms with Gasteiger partial charge in [-0.1, -0.05) is 12.1 Å². The molecule has 3 aliphatic rings. The number of Topliss-reactive ketones (excluding diaryl/α,β-unsaturated/α-hetero) is 2. The number of phenolic OH excluding ortho intramolecular Hbond substituents is 1. The SMILES string of the molecule is CN(C)[C@@H]1C(O)=C(C(N)=O)C(=O)[C@@]2(O)C(O)=C3C(=O)c4c(O)cccc4[C@@](C)(O)[C@H]3C[C@@H]12.OCl. The van der Waals surface area contributed by atoms with Gasteiger partial charge >= 0.3 is 0 Å². The molecule has 34 heavy (non-hydrogen) atoms. The van der Waals surface area contributed by atoms with E-state index in [2.05, 4.69) is 11.9 Å². The van der Waals surface area contributed by atoms with E-state index in [-0.39, 0.29) is 17.5 Å². The molecule has 8 N–H and O–H groups in total. The lowest BCUT2D eigenvalue weighted by Gasteiger charge is -2.52. The summed E-state index contributed by atoms with van der Waals surface area (Å²) in [5.74, 6) is -7.89. The van der Waals surface area contributed by atoms with Crippen LogP contribution in [0.5, 0.6) is 5.75 Å². The summed E-state index contributed by atoms with van der Waals surface area (Å²) in [6.45, 7) is 1.40. The summed E-state index contributed by atoms with van der Waals surface area (Å²) in [6.07, 6.45) is -0.200. The van der Waals surface area contributed by atoms with E-state index in [1.165, 1.54) is 44.1 Å². The Morgan fingerprint density at radius 2 is 1.74 bits per heavy atom. The molecule has 1 amide bonds. The summed E-state index contributed by atoms with van der Waals surface area (Å²) in [5.41, 5.74) is -0.654. The van der Waals surface area contributed by atoms with Gasteiger partial charge in [-0.2, -0.15) is 0 Å². The zero-order valence-electron chi connectivity index (χ0n) is 18.5. The quantitative estimate of drug-likeness (QED) is 0.271. The smallest absolute Gasteiger partial charge is 0.255 e. The number of amides is 1. The minimum Gasteiger partial charge on any atom is -0.510 e. The number of phenols is 1. The van der Waals surface area contributed by atoms with Crippen molar-refractivity contribution in [2.45, 2.75) is 30.6 Å². The zero-order chi connectivity index (χ0) is 25.9. The van der Waals surface area contributed by atoms with E-state index in [0.29, 0.717) is 0 Å². The lowest BCUT2D eigenvalue weighted by molar-refractivity contribution is -0.151. The van der Waals surface area contributed by atoms with Crippen LogP contribution in [0.15, 0.2) is 40.9 Å². The predicted molar refractivity (Wildman–Crippen MR) is 118 cm³/mol. The molecule has 0 fully saturated rings. The third-order valence-electron chi connectivity index (χ3n) is 7.02. The third-order valence-corrected chi connectivity index (χ3v) is 7.02. The Labute approximate surface area is 199 Å². The maximum absolute atomic E-state index is 13.3. The number of rotatable bonds is 2. The highest BCUT2D eigenvalue weighted by Gasteiger charge is 2.65. The van der Waals surface area contributed by atoms with Gasteiger partial charge in [-0.3, -0.25) is 23.9 Å². The molecule has 0 aromatic heterocycles. The molecule has 4 rings (SSSR count). The van der Waals surface area contributed by atoms with E-state index in [0.717, 1.165) is 0 Å². The van der Waals surface area contributed by atoms with E-state index < -0.39 is 75.0 Å². The number of hydrogen-bond acceptors (Lipinski definition) is 10. The molecule has 0 saturated heterocycles. The number of carbonyl (C=O) groups is 3. The van der Waals surface area contributed by atoms with Gasteiger partial charge in [-0.15, -0.1) is 0 Å². The number of benzene rings is 1. The second-order valence-corrected chi connectivity index (χ2v) is 8.96. The van der Waals surface area contributed by atoms with Gasteiger partial charge in [-0.25, -0.2) is 0 Å². The minimum absolute atomic E-state index is 0.135. The standard InChI is InChI=1S/C22H24N2O8.ClHO/c1-21(31)8-5-4-6-11(25)12(8)16(26)13-9(21)7-10-15(24(2)3)17(27)14(20(23)30)19(29)22(10,32)18(13)28;1-2/h4-6,9-10,15,25,27-28,31-32H,7H2,1-3H3,(H2,23,30);2H/t9-,10-,15-,21+,22-;/m0./s1. The predicted octanol–water partition coefficient (Wildman–Crippen LogP) is -0.0819. The number of halogens is 1. The first kappa shape index (κ1) is 25.7. The molecule has 1 aromatic carbocycles. The van der Waals surface area contributed by atoms with Crippen LogP contribution < -0.4 is 5.73 Å². The normalized spacial score (nSPS) is 32.5. The number of primary amides is 1. The van der Waals surface area contributed by atoms with Gasteiger partial charge in [0, 0.05) is 17.4 Å². The first-order chi connectivity index (χ1) is 15.8. The number of aliphatic hydroxyl groups excluding tert-OH is 2. The molecule has 0 radical (unpaired) electrons. The molecule has 0 unspecified atom stereocenters. The summed E-state index contributed by atoms with van der Waals surface area (Å²) in [7, 11) is 3.06. The van der Waals surface area contributed by atoms with Crippen LogP contribution in [0, 0.1) is 11.8 Å². The van der Waals surface area contributed by atoms with Crippen molar-refractivity contribution in [2.75, 3.05) is 14.1 Å². The van der Waals surface area contributed by atoms with E-state index >= 15 is 0 Å². The maximum Gasteiger partial charge on any atom is 0.255 e. The Balaban J connectivity index is 0.00000158. The van der Waals surface area contributed by atoms with Crippen molar-refractivity contribution in [1.29, 1.82) is 0 Å². The van der Waals surface area contributed by atoms with Gasteiger partial charge in [0.05, 0.1) is 29.1 Å². The minimum atomic E-state index is -2.75.